The van der Waals surface area contributed by atoms with E-state index >= 15 is 0 Å². The van der Waals surface area contributed by atoms with Crippen LogP contribution in [0.2, 0.25) is 0 Å². The number of ether oxygens (including phenoxy) is 2. The Labute approximate surface area is 201 Å². The molecule has 0 atom stereocenters. The summed E-state index contributed by atoms with van der Waals surface area (Å²) in [6.45, 7) is 5.54. The number of anilines is 1. The van der Waals surface area contributed by atoms with Crippen LogP contribution in [0.4, 0.5) is 15.1 Å². The van der Waals surface area contributed by atoms with Gasteiger partial charge in [0.05, 0.1) is 32.0 Å². The molecule has 3 heterocycles. The number of benzene rings is 1. The molecule has 2 aliphatic heterocycles. The SMILES string of the molecule is NC(N)=NC(=O)OCc1cccc(-c2cnc(N3CC(=NOCCN4CCOCC4)C3)nc2)c1F. The van der Waals surface area contributed by atoms with Crippen LogP contribution in [0.25, 0.3) is 11.1 Å². The molecule has 0 bridgehead atoms. The standard InChI is InChI=1S/C22H27FN8O4/c23-19-15(14-34-22(32)28-20(24)25)2-1-3-18(19)16-10-26-21(27-11-16)31-12-17(13-31)29-35-9-6-30-4-7-33-8-5-30/h1-3,10-11H,4-9,12-14H2,(H4,24,25,28,32). The summed E-state index contributed by atoms with van der Waals surface area (Å²) < 4.78 is 25.1. The Kier molecular flexibility index (Phi) is 8.00. The molecule has 2 fully saturated rings. The molecule has 0 radical (unpaired) electrons. The summed E-state index contributed by atoms with van der Waals surface area (Å²) in [4.78, 5) is 33.0. The average molecular weight is 487 g/mol. The number of nitrogens with zero attached hydrogens (tertiary/aromatic N) is 6. The van der Waals surface area contributed by atoms with E-state index in [0.717, 1.165) is 38.6 Å². The first kappa shape index (κ1) is 24.3. The molecule has 0 aliphatic carbocycles. The minimum absolute atomic E-state index is 0.169. The van der Waals surface area contributed by atoms with Crippen LogP contribution in [0, 0.1) is 5.82 Å². The van der Waals surface area contributed by atoms with Gasteiger partial charge in [0, 0.05) is 48.7 Å². The number of aliphatic imine (C=N–C) groups is 1. The van der Waals surface area contributed by atoms with Crippen LogP contribution >= 0.6 is 0 Å². The van der Waals surface area contributed by atoms with Gasteiger partial charge in [-0.25, -0.2) is 19.2 Å². The number of aromatic nitrogens is 2. The molecule has 1 aromatic heterocycles. The van der Waals surface area contributed by atoms with Crippen LogP contribution in [0.15, 0.2) is 40.7 Å². The number of morpholine rings is 1. The van der Waals surface area contributed by atoms with Crippen LogP contribution < -0.4 is 16.4 Å². The highest BCUT2D eigenvalue weighted by molar-refractivity contribution is 5.98. The second-order valence-corrected chi connectivity index (χ2v) is 7.94. The minimum Gasteiger partial charge on any atom is -0.443 e. The van der Waals surface area contributed by atoms with Gasteiger partial charge in [-0.05, 0) is 0 Å². The highest BCUT2D eigenvalue weighted by atomic mass is 19.1. The Hall–Kier alpha value is -3.84. The van der Waals surface area contributed by atoms with E-state index in [1.54, 1.807) is 24.5 Å². The van der Waals surface area contributed by atoms with Crippen molar-refractivity contribution in [1.82, 2.24) is 14.9 Å². The molecule has 4 rings (SSSR count). The van der Waals surface area contributed by atoms with E-state index in [-0.39, 0.29) is 17.7 Å². The fourth-order valence-corrected chi connectivity index (χ4v) is 3.54. The Morgan fingerprint density at radius 3 is 2.63 bits per heavy atom. The molecule has 35 heavy (non-hydrogen) atoms. The number of guanidine groups is 1. The van der Waals surface area contributed by atoms with Gasteiger partial charge < -0.3 is 30.7 Å². The largest absolute Gasteiger partial charge is 0.443 e. The van der Waals surface area contributed by atoms with E-state index in [0.29, 0.717) is 31.2 Å². The Bertz CT molecular complexity index is 1080. The zero-order valence-electron chi connectivity index (χ0n) is 19.1. The van der Waals surface area contributed by atoms with Gasteiger partial charge >= 0.3 is 6.09 Å². The van der Waals surface area contributed by atoms with E-state index in [9.17, 15) is 9.18 Å². The maximum absolute atomic E-state index is 14.9. The van der Waals surface area contributed by atoms with E-state index in [2.05, 4.69) is 25.0 Å². The van der Waals surface area contributed by atoms with Crippen molar-refractivity contribution in [3.8, 4) is 11.1 Å². The van der Waals surface area contributed by atoms with E-state index in [4.69, 9.17) is 25.8 Å². The number of rotatable bonds is 8. The molecule has 0 spiro atoms. The minimum atomic E-state index is -0.998. The van der Waals surface area contributed by atoms with Crippen molar-refractivity contribution in [3.05, 3.63) is 42.0 Å². The normalized spacial score (nSPS) is 15.8. The van der Waals surface area contributed by atoms with Crippen molar-refractivity contribution < 1.29 is 23.5 Å². The summed E-state index contributed by atoms with van der Waals surface area (Å²) in [6, 6.07) is 4.74. The molecular formula is C22H27FN8O4. The lowest BCUT2D eigenvalue weighted by Gasteiger charge is -2.32. The number of oxime groups is 1. The highest BCUT2D eigenvalue weighted by Crippen LogP contribution is 2.26. The fraction of sp³-hybridized carbons (Fsp3) is 0.409. The van der Waals surface area contributed by atoms with Crippen LogP contribution in [0.5, 0.6) is 0 Å². The predicted molar refractivity (Wildman–Crippen MR) is 126 cm³/mol. The second-order valence-electron chi connectivity index (χ2n) is 7.94. The molecule has 4 N–H and O–H groups in total. The molecule has 1 aromatic carbocycles. The van der Waals surface area contributed by atoms with Gasteiger partial charge in [-0.3, -0.25) is 4.90 Å². The van der Waals surface area contributed by atoms with Crippen molar-refractivity contribution in [3.63, 3.8) is 0 Å². The molecule has 186 valence electrons. The highest BCUT2D eigenvalue weighted by Gasteiger charge is 2.25. The first-order valence-electron chi connectivity index (χ1n) is 11.1. The number of hydrogen-bond donors (Lipinski definition) is 2. The Morgan fingerprint density at radius 2 is 1.91 bits per heavy atom. The maximum Gasteiger partial charge on any atom is 0.437 e. The van der Waals surface area contributed by atoms with Gasteiger partial charge in [-0.1, -0.05) is 23.4 Å². The number of amides is 1. The molecule has 1 amide bonds. The lowest BCUT2D eigenvalue weighted by atomic mass is 10.1. The molecule has 2 aromatic rings. The Morgan fingerprint density at radius 1 is 1.17 bits per heavy atom. The predicted octanol–water partition coefficient (Wildman–Crippen LogP) is 0.717. The van der Waals surface area contributed by atoms with Crippen LogP contribution in [0.3, 0.4) is 0 Å². The molecular weight excluding hydrogens is 459 g/mol. The average Bonchev–Trinajstić information content (AvgIpc) is 2.83. The van der Waals surface area contributed by atoms with Gasteiger partial charge in [0.2, 0.25) is 5.95 Å². The number of carbonyl (C=O) groups excluding carboxylic acids is 1. The lowest BCUT2D eigenvalue weighted by molar-refractivity contribution is 0.0210. The zero-order chi connectivity index (χ0) is 24.6. The second kappa shape index (κ2) is 11.5. The number of halogens is 1. The van der Waals surface area contributed by atoms with Gasteiger partial charge in [0.25, 0.3) is 0 Å². The number of carbonyl (C=O) groups is 1. The van der Waals surface area contributed by atoms with Crippen molar-refractivity contribution in [1.29, 1.82) is 0 Å². The summed E-state index contributed by atoms with van der Waals surface area (Å²) in [5, 5.41) is 4.18. The first-order valence-corrected chi connectivity index (χ1v) is 11.1. The quantitative estimate of drug-likeness (QED) is 0.236. The van der Waals surface area contributed by atoms with Gasteiger partial charge in [0.15, 0.2) is 5.96 Å². The summed E-state index contributed by atoms with van der Waals surface area (Å²) in [5.74, 6) is -0.462. The van der Waals surface area contributed by atoms with E-state index < -0.39 is 17.9 Å². The van der Waals surface area contributed by atoms with E-state index in [1.807, 2.05) is 4.90 Å². The van der Waals surface area contributed by atoms with Crippen LogP contribution in [0.1, 0.15) is 5.56 Å². The summed E-state index contributed by atoms with van der Waals surface area (Å²) in [6.07, 6.45) is 2.09. The van der Waals surface area contributed by atoms with Crippen LogP contribution in [-0.2, 0) is 20.9 Å². The van der Waals surface area contributed by atoms with Gasteiger partial charge in [-0.15, -0.1) is 4.99 Å². The molecule has 13 heteroatoms. The van der Waals surface area contributed by atoms with Gasteiger partial charge in [0.1, 0.15) is 19.0 Å². The van der Waals surface area contributed by atoms with Crippen LogP contribution in [-0.4, -0.2) is 85.2 Å². The first-order chi connectivity index (χ1) is 17.0. The monoisotopic (exact) mass is 486 g/mol. The van der Waals surface area contributed by atoms with Crippen molar-refractivity contribution in [2.45, 2.75) is 6.61 Å². The molecule has 2 saturated heterocycles. The van der Waals surface area contributed by atoms with Crippen molar-refractivity contribution >= 4 is 23.7 Å². The Balaban J connectivity index is 1.28. The zero-order valence-corrected chi connectivity index (χ0v) is 19.1. The maximum atomic E-state index is 14.9. The van der Waals surface area contributed by atoms with E-state index in [1.165, 1.54) is 6.07 Å². The third kappa shape index (κ3) is 6.61. The topological polar surface area (TPSA) is 154 Å². The summed E-state index contributed by atoms with van der Waals surface area (Å²) >= 11 is 0. The molecule has 12 nitrogen and oxygen atoms in total. The molecule has 0 unspecified atom stereocenters. The number of hydrogen-bond acceptors (Lipinski definition) is 9. The van der Waals surface area contributed by atoms with Crippen molar-refractivity contribution in [2.24, 2.45) is 21.6 Å². The smallest absolute Gasteiger partial charge is 0.437 e. The summed E-state index contributed by atoms with van der Waals surface area (Å²) in [7, 11) is 0. The third-order valence-corrected chi connectivity index (χ3v) is 5.43. The summed E-state index contributed by atoms with van der Waals surface area (Å²) in [5.41, 5.74) is 12.1. The molecule has 2 aliphatic rings. The third-order valence-electron chi connectivity index (χ3n) is 5.43. The lowest BCUT2D eigenvalue weighted by Crippen LogP contribution is -2.48. The number of nitrogens with two attached hydrogens (primary N) is 2. The van der Waals surface area contributed by atoms with Gasteiger partial charge in [-0.2, -0.15) is 0 Å². The van der Waals surface area contributed by atoms with Crippen molar-refractivity contribution in [2.75, 3.05) is 57.4 Å². The fourth-order valence-electron chi connectivity index (χ4n) is 3.54. The molecule has 0 saturated carbocycles.